The van der Waals surface area contributed by atoms with Crippen molar-refractivity contribution in [1.29, 1.82) is 5.26 Å². The van der Waals surface area contributed by atoms with E-state index in [2.05, 4.69) is 0 Å². The monoisotopic (exact) mass is 254 g/mol. The first kappa shape index (κ1) is 13.5. The lowest BCUT2D eigenvalue weighted by atomic mass is 10.1. The molecule has 1 rings (SSSR count). The molecule has 90 valence electrons. The fourth-order valence-corrected chi connectivity index (χ4v) is 1.65. The maximum atomic E-state index is 13.6. The number of carbonyl (C=O) groups is 1. The molecule has 0 saturated heterocycles. The molecule has 17 heavy (non-hydrogen) atoms. The maximum absolute atomic E-state index is 13.6. The van der Waals surface area contributed by atoms with E-state index < -0.39 is 11.7 Å². The summed E-state index contributed by atoms with van der Waals surface area (Å²) in [6.07, 6.45) is 0. The molecule has 1 amide bonds. The molecule has 0 unspecified atom stereocenters. The zero-order valence-corrected chi connectivity index (χ0v) is 10.3. The van der Waals surface area contributed by atoms with Crippen molar-refractivity contribution in [2.75, 3.05) is 6.54 Å². The van der Waals surface area contributed by atoms with Crippen LogP contribution in [0.25, 0.3) is 0 Å². The lowest BCUT2D eigenvalue weighted by molar-refractivity contribution is 0.0727. The number of rotatable bonds is 3. The van der Waals surface area contributed by atoms with Gasteiger partial charge in [0.25, 0.3) is 5.91 Å². The predicted molar refractivity (Wildman–Crippen MR) is 63.2 cm³/mol. The first-order valence-corrected chi connectivity index (χ1v) is 5.48. The van der Waals surface area contributed by atoms with Gasteiger partial charge in [0, 0.05) is 6.04 Å². The van der Waals surface area contributed by atoms with Crippen molar-refractivity contribution in [3.8, 4) is 6.07 Å². The van der Waals surface area contributed by atoms with Gasteiger partial charge in [-0.25, -0.2) is 4.39 Å². The van der Waals surface area contributed by atoms with E-state index in [-0.39, 0.29) is 23.2 Å². The molecule has 0 saturated carbocycles. The summed E-state index contributed by atoms with van der Waals surface area (Å²) < 4.78 is 13.6. The van der Waals surface area contributed by atoms with Crippen molar-refractivity contribution in [3.63, 3.8) is 0 Å². The molecule has 3 nitrogen and oxygen atoms in total. The molecule has 0 aliphatic heterocycles. The molecular formula is C12H12ClFN2O. The average Bonchev–Trinajstić information content (AvgIpc) is 2.24. The highest BCUT2D eigenvalue weighted by atomic mass is 35.5. The largest absolute Gasteiger partial charge is 0.323 e. The summed E-state index contributed by atoms with van der Waals surface area (Å²) in [7, 11) is 0. The predicted octanol–water partition coefficient (Wildman–Crippen LogP) is 2.85. The summed E-state index contributed by atoms with van der Waals surface area (Å²) in [6, 6.07) is 5.73. The van der Waals surface area contributed by atoms with E-state index in [0.717, 1.165) is 0 Å². The number of benzene rings is 1. The van der Waals surface area contributed by atoms with Gasteiger partial charge < -0.3 is 4.90 Å². The van der Waals surface area contributed by atoms with Crippen molar-refractivity contribution in [2.24, 2.45) is 0 Å². The number of halogens is 2. The average molecular weight is 255 g/mol. The zero-order chi connectivity index (χ0) is 13.0. The van der Waals surface area contributed by atoms with E-state index in [4.69, 9.17) is 16.9 Å². The Morgan fingerprint density at radius 3 is 2.71 bits per heavy atom. The van der Waals surface area contributed by atoms with Crippen LogP contribution in [-0.4, -0.2) is 23.4 Å². The lowest BCUT2D eigenvalue weighted by Crippen LogP contribution is -2.37. The Morgan fingerprint density at radius 2 is 2.24 bits per heavy atom. The number of nitrogens with zero attached hydrogens (tertiary/aromatic N) is 2. The molecule has 0 aliphatic rings. The first-order chi connectivity index (χ1) is 7.99. The summed E-state index contributed by atoms with van der Waals surface area (Å²) in [5.74, 6) is -1.24. The van der Waals surface area contributed by atoms with Crippen molar-refractivity contribution in [2.45, 2.75) is 19.9 Å². The zero-order valence-electron chi connectivity index (χ0n) is 9.58. The summed E-state index contributed by atoms with van der Waals surface area (Å²) >= 11 is 5.80. The third-order valence-corrected chi connectivity index (χ3v) is 2.62. The number of nitriles is 1. The molecule has 0 bridgehead atoms. The quantitative estimate of drug-likeness (QED) is 0.779. The van der Waals surface area contributed by atoms with Crippen LogP contribution in [0.2, 0.25) is 5.02 Å². The fourth-order valence-electron chi connectivity index (χ4n) is 1.41. The molecule has 0 radical (unpaired) electrons. The molecule has 0 heterocycles. The van der Waals surface area contributed by atoms with Gasteiger partial charge in [0.1, 0.15) is 12.4 Å². The van der Waals surface area contributed by atoms with Crippen molar-refractivity contribution in [3.05, 3.63) is 34.6 Å². The van der Waals surface area contributed by atoms with Gasteiger partial charge in [0.15, 0.2) is 0 Å². The van der Waals surface area contributed by atoms with Crippen molar-refractivity contribution < 1.29 is 9.18 Å². The van der Waals surface area contributed by atoms with E-state index in [1.807, 2.05) is 6.07 Å². The molecule has 0 aliphatic carbocycles. The van der Waals surface area contributed by atoms with Gasteiger partial charge in [-0.1, -0.05) is 17.7 Å². The van der Waals surface area contributed by atoms with Crippen molar-refractivity contribution >= 4 is 17.5 Å². The van der Waals surface area contributed by atoms with Crippen LogP contribution in [-0.2, 0) is 0 Å². The summed E-state index contributed by atoms with van der Waals surface area (Å²) in [4.78, 5) is 13.3. The third kappa shape index (κ3) is 2.95. The minimum Gasteiger partial charge on any atom is -0.323 e. The Labute approximate surface area is 104 Å². The molecule has 5 heteroatoms. The number of hydrogen-bond acceptors (Lipinski definition) is 2. The highest BCUT2D eigenvalue weighted by molar-refractivity contribution is 6.33. The van der Waals surface area contributed by atoms with E-state index in [9.17, 15) is 9.18 Å². The van der Waals surface area contributed by atoms with E-state index in [1.165, 1.54) is 23.1 Å². The van der Waals surface area contributed by atoms with Gasteiger partial charge in [0.2, 0.25) is 0 Å². The van der Waals surface area contributed by atoms with Gasteiger partial charge >= 0.3 is 0 Å². The van der Waals surface area contributed by atoms with Gasteiger partial charge in [-0.05, 0) is 26.0 Å². The molecule has 1 aromatic rings. The van der Waals surface area contributed by atoms with Gasteiger partial charge in [-0.15, -0.1) is 0 Å². The van der Waals surface area contributed by atoms with Gasteiger partial charge in [-0.2, -0.15) is 5.26 Å². The fraction of sp³-hybridized carbons (Fsp3) is 0.333. The number of carbonyl (C=O) groups excluding carboxylic acids is 1. The van der Waals surface area contributed by atoms with Crippen LogP contribution in [0.1, 0.15) is 24.2 Å². The Kier molecular flexibility index (Phi) is 4.47. The normalized spacial score (nSPS) is 10.1. The Bertz CT molecular complexity index is 448. The first-order valence-electron chi connectivity index (χ1n) is 5.11. The van der Waals surface area contributed by atoms with Crippen LogP contribution >= 0.6 is 11.6 Å². The van der Waals surface area contributed by atoms with E-state index in [1.54, 1.807) is 13.8 Å². The molecule has 0 spiro atoms. The lowest BCUT2D eigenvalue weighted by Gasteiger charge is -2.24. The highest BCUT2D eigenvalue weighted by Crippen LogP contribution is 2.21. The van der Waals surface area contributed by atoms with Crippen LogP contribution in [0, 0.1) is 17.1 Å². The Hall–Kier alpha value is -1.60. The summed E-state index contributed by atoms with van der Waals surface area (Å²) in [5, 5.41) is 8.70. The van der Waals surface area contributed by atoms with Crippen LogP contribution in [0.15, 0.2) is 18.2 Å². The topological polar surface area (TPSA) is 44.1 Å². The SMILES string of the molecule is CC(C)N(CC#N)C(=O)c1c(F)cccc1Cl. The highest BCUT2D eigenvalue weighted by Gasteiger charge is 2.23. The van der Waals surface area contributed by atoms with Gasteiger partial charge in [0.05, 0.1) is 16.7 Å². The number of amides is 1. The second-order valence-electron chi connectivity index (χ2n) is 3.78. The van der Waals surface area contributed by atoms with Crippen LogP contribution in [0.5, 0.6) is 0 Å². The smallest absolute Gasteiger partial charge is 0.259 e. The van der Waals surface area contributed by atoms with Crippen molar-refractivity contribution in [1.82, 2.24) is 4.90 Å². The van der Waals surface area contributed by atoms with E-state index in [0.29, 0.717) is 0 Å². The second-order valence-corrected chi connectivity index (χ2v) is 4.19. The van der Waals surface area contributed by atoms with Gasteiger partial charge in [-0.3, -0.25) is 4.79 Å². The standard InChI is InChI=1S/C12H12ClFN2O/c1-8(2)16(7-6-15)12(17)11-9(13)4-3-5-10(11)14/h3-5,8H,7H2,1-2H3. The van der Waals surface area contributed by atoms with Crippen LogP contribution in [0.3, 0.4) is 0 Å². The Balaban J connectivity index is 3.15. The summed E-state index contributed by atoms with van der Waals surface area (Å²) in [6.45, 7) is 3.41. The third-order valence-electron chi connectivity index (χ3n) is 2.30. The number of hydrogen-bond donors (Lipinski definition) is 0. The molecule has 0 fully saturated rings. The molecule has 0 N–H and O–H groups in total. The Morgan fingerprint density at radius 1 is 1.59 bits per heavy atom. The second kappa shape index (κ2) is 5.65. The molecular weight excluding hydrogens is 243 g/mol. The molecule has 0 aromatic heterocycles. The van der Waals surface area contributed by atoms with Crippen LogP contribution < -0.4 is 0 Å². The minimum absolute atomic E-state index is 0.0542. The maximum Gasteiger partial charge on any atom is 0.259 e. The molecule has 0 atom stereocenters. The van der Waals surface area contributed by atoms with Crippen LogP contribution in [0.4, 0.5) is 4.39 Å². The van der Waals surface area contributed by atoms with E-state index >= 15 is 0 Å². The minimum atomic E-state index is -0.675. The summed E-state index contributed by atoms with van der Waals surface area (Å²) in [5.41, 5.74) is -0.182. The molecule has 1 aromatic carbocycles.